The van der Waals surface area contributed by atoms with E-state index in [0.717, 1.165) is 11.3 Å². The minimum Gasteiger partial charge on any atom is -0.397 e. The second-order valence-corrected chi connectivity index (χ2v) is 5.35. The van der Waals surface area contributed by atoms with Gasteiger partial charge in [0, 0.05) is 17.6 Å². The number of carbonyl (C=O) groups excluding carboxylic acids is 1. The molecule has 1 unspecified atom stereocenters. The van der Waals surface area contributed by atoms with E-state index >= 15 is 0 Å². The van der Waals surface area contributed by atoms with Crippen LogP contribution in [0.4, 0.5) is 11.4 Å². The first-order valence-corrected chi connectivity index (χ1v) is 6.96. The molecule has 0 saturated heterocycles. The maximum absolute atomic E-state index is 11.3. The number of primary amides is 1. The fourth-order valence-corrected chi connectivity index (χ4v) is 2.53. The summed E-state index contributed by atoms with van der Waals surface area (Å²) >= 11 is 6.24. The van der Waals surface area contributed by atoms with Gasteiger partial charge in [-0.15, -0.1) is 0 Å². The molecule has 4 N–H and O–H groups in total. The molecule has 4 nitrogen and oxygen atoms in total. The molecule has 1 atom stereocenters. The van der Waals surface area contributed by atoms with E-state index in [0.29, 0.717) is 16.3 Å². The first-order valence-electron chi connectivity index (χ1n) is 6.58. The standard InChI is InChI=1S/C16H18ClN3O/c1-10(12-5-3-4-6-13(12)17)20(2)15-9-11(16(19)21)7-8-14(15)18/h3-10H,18H2,1-2H3,(H2,19,21). The molecule has 2 aromatic rings. The predicted molar refractivity (Wildman–Crippen MR) is 87.6 cm³/mol. The molecule has 0 fully saturated rings. The molecule has 2 aromatic carbocycles. The number of halogens is 1. The Morgan fingerprint density at radius 3 is 2.52 bits per heavy atom. The van der Waals surface area contributed by atoms with Crippen molar-refractivity contribution in [2.45, 2.75) is 13.0 Å². The van der Waals surface area contributed by atoms with Crippen molar-refractivity contribution in [3.8, 4) is 0 Å². The van der Waals surface area contributed by atoms with Gasteiger partial charge >= 0.3 is 0 Å². The van der Waals surface area contributed by atoms with Crippen LogP contribution in [-0.4, -0.2) is 13.0 Å². The minimum atomic E-state index is -0.477. The van der Waals surface area contributed by atoms with Crippen LogP contribution in [0.2, 0.25) is 5.02 Å². The highest BCUT2D eigenvalue weighted by molar-refractivity contribution is 6.31. The summed E-state index contributed by atoms with van der Waals surface area (Å²) < 4.78 is 0. The number of carbonyl (C=O) groups is 1. The molecular formula is C16H18ClN3O. The number of nitrogens with zero attached hydrogens (tertiary/aromatic N) is 1. The van der Waals surface area contributed by atoms with Crippen LogP contribution in [0.5, 0.6) is 0 Å². The van der Waals surface area contributed by atoms with Gasteiger partial charge in [-0.2, -0.15) is 0 Å². The maximum atomic E-state index is 11.3. The lowest BCUT2D eigenvalue weighted by Crippen LogP contribution is -2.23. The molecule has 21 heavy (non-hydrogen) atoms. The Balaban J connectivity index is 2.40. The van der Waals surface area contributed by atoms with E-state index in [1.54, 1.807) is 18.2 Å². The summed E-state index contributed by atoms with van der Waals surface area (Å²) in [4.78, 5) is 13.3. The number of nitrogen functional groups attached to an aromatic ring is 1. The molecule has 0 spiro atoms. The van der Waals surface area contributed by atoms with E-state index < -0.39 is 5.91 Å². The van der Waals surface area contributed by atoms with Crippen molar-refractivity contribution in [1.82, 2.24) is 0 Å². The number of anilines is 2. The van der Waals surface area contributed by atoms with Gasteiger partial charge in [0.1, 0.15) is 0 Å². The van der Waals surface area contributed by atoms with Crippen LogP contribution < -0.4 is 16.4 Å². The molecular weight excluding hydrogens is 286 g/mol. The third-order valence-corrected chi connectivity index (χ3v) is 3.98. The number of rotatable bonds is 4. The molecule has 0 aliphatic heterocycles. The Labute approximate surface area is 129 Å². The van der Waals surface area contributed by atoms with Crippen molar-refractivity contribution >= 4 is 28.9 Å². The van der Waals surface area contributed by atoms with Gasteiger partial charge in [-0.25, -0.2) is 0 Å². The zero-order valence-electron chi connectivity index (χ0n) is 12.0. The summed E-state index contributed by atoms with van der Waals surface area (Å²) in [5.41, 5.74) is 14.1. The smallest absolute Gasteiger partial charge is 0.248 e. The zero-order chi connectivity index (χ0) is 15.6. The summed E-state index contributed by atoms with van der Waals surface area (Å²) in [6.45, 7) is 2.03. The number of hydrogen-bond acceptors (Lipinski definition) is 3. The average Bonchev–Trinajstić information content (AvgIpc) is 2.46. The molecule has 2 rings (SSSR count). The van der Waals surface area contributed by atoms with Crippen molar-refractivity contribution in [3.05, 3.63) is 58.6 Å². The van der Waals surface area contributed by atoms with Crippen molar-refractivity contribution in [1.29, 1.82) is 0 Å². The molecule has 0 saturated carbocycles. The number of amides is 1. The van der Waals surface area contributed by atoms with Crippen LogP contribution in [0.3, 0.4) is 0 Å². The Morgan fingerprint density at radius 1 is 1.24 bits per heavy atom. The molecule has 0 radical (unpaired) electrons. The lowest BCUT2D eigenvalue weighted by molar-refractivity contribution is 0.100. The predicted octanol–water partition coefficient (Wildman–Crippen LogP) is 3.22. The molecule has 0 aliphatic carbocycles. The van der Waals surface area contributed by atoms with Gasteiger partial charge in [0.2, 0.25) is 5.91 Å². The third kappa shape index (κ3) is 3.11. The largest absolute Gasteiger partial charge is 0.397 e. The molecule has 5 heteroatoms. The van der Waals surface area contributed by atoms with Crippen LogP contribution in [0.25, 0.3) is 0 Å². The van der Waals surface area contributed by atoms with E-state index in [1.807, 2.05) is 43.1 Å². The Morgan fingerprint density at radius 2 is 1.90 bits per heavy atom. The first-order chi connectivity index (χ1) is 9.91. The van der Waals surface area contributed by atoms with Crippen LogP contribution in [0.15, 0.2) is 42.5 Å². The number of hydrogen-bond donors (Lipinski definition) is 2. The normalized spacial score (nSPS) is 12.0. The second-order valence-electron chi connectivity index (χ2n) is 4.95. The highest BCUT2D eigenvalue weighted by Crippen LogP contribution is 2.33. The van der Waals surface area contributed by atoms with E-state index in [1.165, 1.54) is 0 Å². The Hall–Kier alpha value is -2.20. The summed E-state index contributed by atoms with van der Waals surface area (Å²) in [6.07, 6.45) is 0. The maximum Gasteiger partial charge on any atom is 0.248 e. The van der Waals surface area contributed by atoms with Gasteiger partial charge in [0.25, 0.3) is 0 Å². The summed E-state index contributed by atoms with van der Waals surface area (Å²) in [5.74, 6) is -0.477. The molecule has 0 aromatic heterocycles. The van der Waals surface area contributed by atoms with Gasteiger partial charge in [-0.1, -0.05) is 29.8 Å². The fraction of sp³-hybridized carbons (Fsp3) is 0.188. The molecule has 0 bridgehead atoms. The van der Waals surface area contributed by atoms with Crippen molar-refractivity contribution in [2.75, 3.05) is 17.7 Å². The molecule has 110 valence electrons. The Bertz CT molecular complexity index is 672. The van der Waals surface area contributed by atoms with Crippen LogP contribution in [-0.2, 0) is 0 Å². The lowest BCUT2D eigenvalue weighted by Gasteiger charge is -2.29. The third-order valence-electron chi connectivity index (χ3n) is 3.63. The second kappa shape index (κ2) is 6.06. The summed E-state index contributed by atoms with van der Waals surface area (Å²) in [5, 5.41) is 0.696. The quantitative estimate of drug-likeness (QED) is 0.852. The van der Waals surface area contributed by atoms with E-state index in [2.05, 4.69) is 0 Å². The van der Waals surface area contributed by atoms with Crippen molar-refractivity contribution < 1.29 is 4.79 Å². The van der Waals surface area contributed by atoms with Gasteiger partial charge < -0.3 is 16.4 Å². The van der Waals surface area contributed by atoms with Gasteiger partial charge in [0.15, 0.2) is 0 Å². The van der Waals surface area contributed by atoms with Gasteiger partial charge in [0.05, 0.1) is 17.4 Å². The fourth-order valence-electron chi connectivity index (χ4n) is 2.23. The van der Waals surface area contributed by atoms with Gasteiger partial charge in [-0.3, -0.25) is 4.79 Å². The summed E-state index contributed by atoms with van der Waals surface area (Å²) in [7, 11) is 1.91. The number of benzene rings is 2. The minimum absolute atomic E-state index is 0.00382. The average molecular weight is 304 g/mol. The zero-order valence-corrected chi connectivity index (χ0v) is 12.8. The molecule has 0 heterocycles. The molecule has 0 aliphatic rings. The van der Waals surface area contributed by atoms with E-state index in [9.17, 15) is 4.79 Å². The van der Waals surface area contributed by atoms with Crippen LogP contribution >= 0.6 is 11.6 Å². The Kier molecular flexibility index (Phi) is 4.38. The lowest BCUT2D eigenvalue weighted by atomic mass is 10.1. The van der Waals surface area contributed by atoms with E-state index in [4.69, 9.17) is 23.1 Å². The van der Waals surface area contributed by atoms with Crippen molar-refractivity contribution in [2.24, 2.45) is 5.73 Å². The van der Waals surface area contributed by atoms with Crippen LogP contribution in [0.1, 0.15) is 28.9 Å². The first kappa shape index (κ1) is 15.2. The van der Waals surface area contributed by atoms with Gasteiger partial charge in [-0.05, 0) is 36.8 Å². The highest BCUT2D eigenvalue weighted by Gasteiger charge is 2.17. The van der Waals surface area contributed by atoms with Crippen LogP contribution in [0, 0.1) is 0 Å². The molecule has 1 amide bonds. The SMILES string of the molecule is CC(c1ccccc1Cl)N(C)c1cc(C(N)=O)ccc1N. The monoisotopic (exact) mass is 303 g/mol. The van der Waals surface area contributed by atoms with E-state index in [-0.39, 0.29) is 6.04 Å². The summed E-state index contributed by atoms with van der Waals surface area (Å²) in [6, 6.07) is 12.7. The highest BCUT2D eigenvalue weighted by atomic mass is 35.5. The van der Waals surface area contributed by atoms with Crippen molar-refractivity contribution in [3.63, 3.8) is 0 Å². The topological polar surface area (TPSA) is 72.3 Å². The number of nitrogens with two attached hydrogens (primary N) is 2.